The Morgan fingerprint density at radius 2 is 2.20 bits per heavy atom. The largest absolute Gasteiger partial charge is 0.344 e. The number of rotatable bonds is 1. The van der Waals surface area contributed by atoms with Gasteiger partial charge in [0, 0.05) is 28.7 Å². The van der Waals surface area contributed by atoms with Crippen LogP contribution in [0.15, 0.2) is 24.3 Å². The predicted octanol–water partition coefficient (Wildman–Crippen LogP) is 2.96. The minimum absolute atomic E-state index is 0.512. The second-order valence-electron chi connectivity index (χ2n) is 4.28. The molecule has 2 heteroatoms. The third kappa shape index (κ3) is 1.02. The van der Waals surface area contributed by atoms with Crippen molar-refractivity contribution in [1.29, 1.82) is 0 Å². The van der Waals surface area contributed by atoms with Crippen LogP contribution in [0, 0.1) is 0 Å². The third-order valence-electron chi connectivity index (χ3n) is 3.42. The normalized spacial score (nSPS) is 19.4. The topological polar surface area (TPSA) is 22.0 Å². The molecule has 0 N–H and O–H groups in total. The maximum atomic E-state index is 11.2. The number of aryl methyl sites for hydroxylation is 1. The molecule has 15 heavy (non-hydrogen) atoms. The Morgan fingerprint density at radius 3 is 3.00 bits per heavy atom. The highest BCUT2D eigenvalue weighted by atomic mass is 16.1. The molecular weight excluding hydrogens is 186 g/mol. The molecule has 1 aromatic carbocycles. The lowest BCUT2D eigenvalue weighted by molar-refractivity contribution is 0.112. The number of nitrogens with zero attached hydrogens (tertiary/aromatic N) is 1. The fourth-order valence-corrected chi connectivity index (χ4v) is 2.71. The van der Waals surface area contributed by atoms with E-state index in [1.807, 2.05) is 18.2 Å². The molecule has 2 aromatic rings. The van der Waals surface area contributed by atoms with Crippen molar-refractivity contribution in [3.8, 4) is 0 Å². The second kappa shape index (κ2) is 2.96. The van der Waals surface area contributed by atoms with E-state index >= 15 is 0 Å². The van der Waals surface area contributed by atoms with Crippen LogP contribution < -0.4 is 0 Å². The van der Waals surface area contributed by atoms with Crippen LogP contribution in [-0.2, 0) is 6.54 Å². The Bertz CT molecular complexity index is 539. The molecule has 0 amide bonds. The van der Waals surface area contributed by atoms with Crippen LogP contribution in [-0.4, -0.2) is 10.9 Å². The molecule has 0 saturated heterocycles. The van der Waals surface area contributed by atoms with Gasteiger partial charge in [0.2, 0.25) is 0 Å². The zero-order valence-electron chi connectivity index (χ0n) is 8.73. The highest BCUT2D eigenvalue weighted by Crippen LogP contribution is 2.36. The smallest absolute Gasteiger partial charge is 0.152 e. The van der Waals surface area contributed by atoms with Gasteiger partial charge in [0.25, 0.3) is 0 Å². The Morgan fingerprint density at radius 1 is 1.40 bits per heavy atom. The Kier molecular flexibility index (Phi) is 1.72. The summed E-state index contributed by atoms with van der Waals surface area (Å²) >= 11 is 0. The first-order valence-electron chi connectivity index (χ1n) is 5.39. The van der Waals surface area contributed by atoms with Gasteiger partial charge in [0.1, 0.15) is 0 Å². The fraction of sp³-hybridized carbons (Fsp3) is 0.308. The summed E-state index contributed by atoms with van der Waals surface area (Å²) in [6.45, 7) is 3.25. The number of carbonyl (C=O) groups is 1. The summed E-state index contributed by atoms with van der Waals surface area (Å²) in [4.78, 5) is 11.2. The fourth-order valence-electron chi connectivity index (χ4n) is 2.71. The molecule has 0 saturated carbocycles. The van der Waals surface area contributed by atoms with Gasteiger partial charge in [-0.2, -0.15) is 0 Å². The number of carbonyl (C=O) groups excluding carboxylic acids is 1. The Hall–Kier alpha value is -1.57. The number of benzene rings is 1. The van der Waals surface area contributed by atoms with Crippen molar-refractivity contribution in [2.45, 2.75) is 25.8 Å². The van der Waals surface area contributed by atoms with E-state index in [0.29, 0.717) is 5.92 Å². The van der Waals surface area contributed by atoms with Gasteiger partial charge in [-0.25, -0.2) is 0 Å². The van der Waals surface area contributed by atoms with Crippen molar-refractivity contribution >= 4 is 17.2 Å². The molecule has 0 aliphatic carbocycles. The first kappa shape index (κ1) is 8.72. The van der Waals surface area contributed by atoms with Crippen LogP contribution in [0.2, 0.25) is 0 Å². The zero-order chi connectivity index (χ0) is 10.4. The van der Waals surface area contributed by atoms with Gasteiger partial charge >= 0.3 is 0 Å². The van der Waals surface area contributed by atoms with Gasteiger partial charge in [0.15, 0.2) is 6.29 Å². The van der Waals surface area contributed by atoms with Gasteiger partial charge in [-0.1, -0.05) is 25.1 Å². The lowest BCUT2D eigenvalue weighted by Gasteiger charge is -2.01. The molecule has 2 nitrogen and oxygen atoms in total. The summed E-state index contributed by atoms with van der Waals surface area (Å²) in [6.07, 6.45) is 2.16. The molecule has 1 aliphatic heterocycles. The van der Waals surface area contributed by atoms with E-state index in [4.69, 9.17) is 0 Å². The van der Waals surface area contributed by atoms with Gasteiger partial charge in [-0.05, 0) is 18.4 Å². The van der Waals surface area contributed by atoms with Crippen LogP contribution in [0.4, 0.5) is 0 Å². The summed E-state index contributed by atoms with van der Waals surface area (Å²) in [7, 11) is 0. The molecular formula is C13H13NO. The highest BCUT2D eigenvalue weighted by Gasteiger charge is 2.25. The van der Waals surface area contributed by atoms with Crippen LogP contribution in [0.5, 0.6) is 0 Å². The molecule has 1 atom stereocenters. The van der Waals surface area contributed by atoms with E-state index in [0.717, 1.165) is 30.2 Å². The summed E-state index contributed by atoms with van der Waals surface area (Å²) in [5.41, 5.74) is 3.33. The maximum absolute atomic E-state index is 11.2. The first-order valence-corrected chi connectivity index (χ1v) is 5.39. The van der Waals surface area contributed by atoms with E-state index in [2.05, 4.69) is 17.6 Å². The highest BCUT2D eigenvalue weighted by molar-refractivity contribution is 5.99. The average Bonchev–Trinajstić information content (AvgIpc) is 2.78. The molecule has 2 heterocycles. The lowest BCUT2D eigenvalue weighted by atomic mass is 10.0. The van der Waals surface area contributed by atoms with Crippen LogP contribution >= 0.6 is 0 Å². The van der Waals surface area contributed by atoms with Gasteiger partial charge < -0.3 is 4.57 Å². The second-order valence-corrected chi connectivity index (χ2v) is 4.28. The monoisotopic (exact) mass is 199 g/mol. The zero-order valence-corrected chi connectivity index (χ0v) is 8.73. The van der Waals surface area contributed by atoms with E-state index < -0.39 is 0 Å². The summed E-state index contributed by atoms with van der Waals surface area (Å²) in [5.74, 6) is 0.512. The van der Waals surface area contributed by atoms with Crippen LogP contribution in [0.1, 0.15) is 35.3 Å². The number of aromatic nitrogens is 1. The van der Waals surface area contributed by atoms with Crippen molar-refractivity contribution in [3.05, 3.63) is 35.5 Å². The predicted molar refractivity (Wildman–Crippen MR) is 60.4 cm³/mol. The quantitative estimate of drug-likeness (QED) is 0.647. The minimum atomic E-state index is 0.512. The van der Waals surface area contributed by atoms with Gasteiger partial charge in [-0.15, -0.1) is 0 Å². The van der Waals surface area contributed by atoms with Crippen LogP contribution in [0.25, 0.3) is 10.9 Å². The minimum Gasteiger partial charge on any atom is -0.344 e. The number of hydrogen-bond donors (Lipinski definition) is 0. The van der Waals surface area contributed by atoms with E-state index in [9.17, 15) is 4.79 Å². The molecule has 1 aliphatic rings. The Labute approximate surface area is 88.5 Å². The van der Waals surface area contributed by atoms with Crippen molar-refractivity contribution in [2.24, 2.45) is 0 Å². The number of aldehydes is 1. The maximum Gasteiger partial charge on any atom is 0.152 e. The lowest BCUT2D eigenvalue weighted by Crippen LogP contribution is -1.93. The molecule has 0 unspecified atom stereocenters. The number of fused-ring (bicyclic) bond motifs is 3. The summed E-state index contributed by atoms with van der Waals surface area (Å²) in [6, 6.07) is 8.17. The van der Waals surface area contributed by atoms with Crippen molar-refractivity contribution in [2.75, 3.05) is 0 Å². The Balaban J connectivity index is 2.46. The molecule has 0 spiro atoms. The van der Waals surface area contributed by atoms with Gasteiger partial charge in [0.05, 0.1) is 0 Å². The van der Waals surface area contributed by atoms with Crippen LogP contribution in [0.3, 0.4) is 0 Å². The molecule has 1 aromatic heterocycles. The van der Waals surface area contributed by atoms with E-state index in [-0.39, 0.29) is 0 Å². The molecule has 3 rings (SSSR count). The SMILES string of the molecule is C[C@H]1CCn2c1c(C=O)c1ccccc12. The molecule has 0 radical (unpaired) electrons. The van der Waals surface area contributed by atoms with E-state index in [1.165, 1.54) is 11.2 Å². The number of hydrogen-bond acceptors (Lipinski definition) is 1. The average molecular weight is 199 g/mol. The first-order chi connectivity index (χ1) is 7.33. The number of para-hydroxylation sites is 1. The summed E-state index contributed by atoms with van der Waals surface area (Å²) in [5, 5.41) is 1.11. The van der Waals surface area contributed by atoms with E-state index in [1.54, 1.807) is 0 Å². The van der Waals surface area contributed by atoms with Crippen molar-refractivity contribution < 1.29 is 4.79 Å². The standard InChI is InChI=1S/C13H13NO/c1-9-6-7-14-12-5-3-2-4-10(12)11(8-15)13(9)14/h2-5,8-9H,6-7H2,1H3/t9-/m0/s1. The van der Waals surface area contributed by atoms with Crippen molar-refractivity contribution in [3.63, 3.8) is 0 Å². The molecule has 76 valence electrons. The molecule has 0 fully saturated rings. The third-order valence-corrected chi connectivity index (χ3v) is 3.42. The summed E-state index contributed by atoms with van der Waals surface area (Å²) < 4.78 is 2.30. The van der Waals surface area contributed by atoms with Crippen molar-refractivity contribution in [1.82, 2.24) is 4.57 Å². The molecule has 0 bridgehead atoms. The van der Waals surface area contributed by atoms with Gasteiger partial charge in [-0.3, -0.25) is 4.79 Å².